The van der Waals surface area contributed by atoms with Crippen molar-refractivity contribution < 1.29 is 19.4 Å². The number of carbonyl (C=O) groups excluding carboxylic acids is 1. The molecule has 0 bridgehead atoms. The highest BCUT2D eigenvalue weighted by Crippen LogP contribution is 2.39. The highest BCUT2D eigenvalue weighted by Gasteiger charge is 2.21. The van der Waals surface area contributed by atoms with Crippen molar-refractivity contribution in [1.82, 2.24) is 4.98 Å². The summed E-state index contributed by atoms with van der Waals surface area (Å²) >= 11 is 3.33. The molecule has 0 fully saturated rings. The Kier molecular flexibility index (Phi) is 4.16. The van der Waals surface area contributed by atoms with Gasteiger partial charge in [-0.15, -0.1) is 0 Å². The number of ether oxygens (including phenoxy) is 2. The van der Waals surface area contributed by atoms with Gasteiger partial charge in [0.1, 0.15) is 16.1 Å². The Bertz CT molecular complexity index is 881. The number of pyridine rings is 1. The van der Waals surface area contributed by atoms with Gasteiger partial charge in [0.25, 0.3) is 0 Å². The van der Waals surface area contributed by atoms with Gasteiger partial charge in [-0.2, -0.15) is 0 Å². The number of aromatic nitrogens is 1. The molecule has 0 spiro atoms. The molecule has 116 valence electrons. The normalized spacial score (nSPS) is 10.5. The second-order valence-corrected chi connectivity index (χ2v) is 5.44. The zero-order valence-corrected chi connectivity index (χ0v) is 13.7. The monoisotopic (exact) mass is 373 g/mol. The molecule has 0 aliphatic heterocycles. The lowest BCUT2D eigenvalue weighted by molar-refractivity contribution is 0.0590. The molecular formula is C17H12BrNO4. The van der Waals surface area contributed by atoms with Crippen LogP contribution in [0.2, 0.25) is 0 Å². The molecule has 3 rings (SSSR count). The Morgan fingerprint density at radius 2 is 1.87 bits per heavy atom. The lowest BCUT2D eigenvalue weighted by Gasteiger charge is -2.12. The van der Waals surface area contributed by atoms with Crippen LogP contribution in [0.15, 0.2) is 53.1 Å². The zero-order chi connectivity index (χ0) is 16.4. The quantitative estimate of drug-likeness (QED) is 0.548. The summed E-state index contributed by atoms with van der Waals surface area (Å²) in [5, 5.41) is 11.3. The first kappa shape index (κ1) is 15.3. The number of halogens is 1. The predicted octanol–water partition coefficient (Wildman–Crippen LogP) is 4.28. The average Bonchev–Trinajstić information content (AvgIpc) is 2.58. The van der Waals surface area contributed by atoms with Crippen molar-refractivity contribution in [3.05, 3.63) is 58.8 Å². The van der Waals surface area contributed by atoms with E-state index in [9.17, 15) is 9.90 Å². The molecule has 0 unspecified atom stereocenters. The molecule has 6 heteroatoms. The van der Waals surface area contributed by atoms with E-state index in [2.05, 4.69) is 25.7 Å². The highest BCUT2D eigenvalue weighted by atomic mass is 79.9. The number of aromatic hydroxyl groups is 1. The second-order valence-electron chi connectivity index (χ2n) is 4.69. The van der Waals surface area contributed by atoms with Crippen LogP contribution in [0.25, 0.3) is 10.8 Å². The van der Waals surface area contributed by atoms with E-state index in [1.807, 2.05) is 30.3 Å². The molecule has 0 saturated carbocycles. The minimum absolute atomic E-state index is 0.149. The molecule has 0 aliphatic carbocycles. The topological polar surface area (TPSA) is 68.7 Å². The van der Waals surface area contributed by atoms with Crippen molar-refractivity contribution in [2.45, 2.75) is 0 Å². The van der Waals surface area contributed by atoms with Gasteiger partial charge in [-0.25, -0.2) is 9.78 Å². The van der Waals surface area contributed by atoms with E-state index < -0.39 is 5.97 Å². The Labute approximate surface area is 140 Å². The van der Waals surface area contributed by atoms with Crippen molar-refractivity contribution in [2.24, 2.45) is 0 Å². The Hall–Kier alpha value is -2.60. The molecule has 1 heterocycles. The van der Waals surface area contributed by atoms with Gasteiger partial charge in [0.2, 0.25) is 0 Å². The van der Waals surface area contributed by atoms with E-state index in [0.29, 0.717) is 26.9 Å². The highest BCUT2D eigenvalue weighted by molar-refractivity contribution is 9.10. The van der Waals surface area contributed by atoms with Crippen LogP contribution in [-0.2, 0) is 4.74 Å². The van der Waals surface area contributed by atoms with Crippen LogP contribution in [0.3, 0.4) is 0 Å². The molecule has 1 aromatic heterocycles. The zero-order valence-electron chi connectivity index (χ0n) is 12.1. The van der Waals surface area contributed by atoms with E-state index in [4.69, 9.17) is 4.74 Å². The number of methoxy groups -OCH3 is 1. The fourth-order valence-corrected chi connectivity index (χ4v) is 2.80. The largest absolute Gasteiger partial charge is 0.505 e. The Balaban J connectivity index is 2.18. The molecule has 0 atom stereocenters. The minimum Gasteiger partial charge on any atom is -0.505 e. The fraction of sp³-hybridized carbons (Fsp3) is 0.0588. The Morgan fingerprint density at radius 3 is 2.57 bits per heavy atom. The van der Waals surface area contributed by atoms with E-state index in [0.717, 1.165) is 0 Å². The van der Waals surface area contributed by atoms with E-state index in [-0.39, 0.29) is 11.4 Å². The van der Waals surface area contributed by atoms with Gasteiger partial charge in [-0.05, 0) is 34.1 Å². The summed E-state index contributed by atoms with van der Waals surface area (Å²) in [5.74, 6) is 0.219. The number of rotatable bonds is 3. The van der Waals surface area contributed by atoms with Crippen LogP contribution in [0.1, 0.15) is 10.5 Å². The van der Waals surface area contributed by atoms with Gasteiger partial charge in [-0.1, -0.05) is 30.3 Å². The summed E-state index contributed by atoms with van der Waals surface area (Å²) in [6.07, 6.45) is 0. The first-order valence-corrected chi connectivity index (χ1v) is 7.53. The molecule has 0 amide bonds. The standard InChI is InChI=1S/C17H12BrNO4/c1-22-17(21)14-15(20)11-8-5-9-12(13(11)16(18)19-14)23-10-6-3-2-4-7-10/h2-9,20H,1H3. The number of hydrogen-bond acceptors (Lipinski definition) is 5. The number of esters is 1. The summed E-state index contributed by atoms with van der Waals surface area (Å²) < 4.78 is 10.9. The maximum atomic E-state index is 11.7. The maximum absolute atomic E-state index is 11.7. The number of benzene rings is 2. The first-order chi connectivity index (χ1) is 11.1. The fourth-order valence-electron chi connectivity index (χ4n) is 2.22. The molecule has 23 heavy (non-hydrogen) atoms. The van der Waals surface area contributed by atoms with Crippen LogP contribution in [-0.4, -0.2) is 23.2 Å². The predicted molar refractivity (Wildman–Crippen MR) is 89.0 cm³/mol. The summed E-state index contributed by atoms with van der Waals surface area (Å²) in [6.45, 7) is 0. The van der Waals surface area contributed by atoms with Crippen molar-refractivity contribution in [2.75, 3.05) is 7.11 Å². The SMILES string of the molecule is COC(=O)c1nc(Br)c2c(Oc3ccccc3)cccc2c1O. The average molecular weight is 374 g/mol. The van der Waals surface area contributed by atoms with E-state index in [1.54, 1.807) is 18.2 Å². The van der Waals surface area contributed by atoms with Gasteiger partial charge in [0.05, 0.1) is 12.5 Å². The number of hydrogen-bond donors (Lipinski definition) is 1. The van der Waals surface area contributed by atoms with E-state index in [1.165, 1.54) is 7.11 Å². The second kappa shape index (κ2) is 6.26. The first-order valence-electron chi connectivity index (χ1n) is 6.74. The smallest absolute Gasteiger partial charge is 0.360 e. The lowest BCUT2D eigenvalue weighted by atomic mass is 10.1. The summed E-state index contributed by atoms with van der Waals surface area (Å²) in [5.41, 5.74) is -0.149. The van der Waals surface area contributed by atoms with Crippen LogP contribution in [0, 0.1) is 0 Å². The molecule has 5 nitrogen and oxygen atoms in total. The molecule has 3 aromatic rings. The summed E-state index contributed by atoms with van der Waals surface area (Å²) in [6, 6.07) is 14.4. The van der Waals surface area contributed by atoms with Gasteiger partial charge in [0, 0.05) is 5.39 Å². The molecule has 0 saturated heterocycles. The van der Waals surface area contributed by atoms with Gasteiger partial charge >= 0.3 is 5.97 Å². The summed E-state index contributed by atoms with van der Waals surface area (Å²) in [4.78, 5) is 15.8. The van der Waals surface area contributed by atoms with E-state index >= 15 is 0 Å². The van der Waals surface area contributed by atoms with Crippen molar-refractivity contribution in [3.8, 4) is 17.2 Å². The van der Waals surface area contributed by atoms with Crippen molar-refractivity contribution in [3.63, 3.8) is 0 Å². The third-order valence-corrected chi connectivity index (χ3v) is 3.85. The molecular weight excluding hydrogens is 362 g/mol. The minimum atomic E-state index is -0.709. The molecule has 1 N–H and O–H groups in total. The third kappa shape index (κ3) is 2.85. The van der Waals surface area contributed by atoms with Crippen LogP contribution >= 0.6 is 15.9 Å². The Morgan fingerprint density at radius 1 is 1.13 bits per heavy atom. The molecule has 0 radical (unpaired) electrons. The van der Waals surface area contributed by atoms with Crippen molar-refractivity contribution in [1.29, 1.82) is 0 Å². The molecule has 2 aromatic carbocycles. The number of fused-ring (bicyclic) bond motifs is 1. The van der Waals surface area contributed by atoms with Gasteiger partial charge < -0.3 is 14.6 Å². The van der Waals surface area contributed by atoms with Gasteiger partial charge in [-0.3, -0.25) is 0 Å². The maximum Gasteiger partial charge on any atom is 0.360 e. The lowest BCUT2D eigenvalue weighted by Crippen LogP contribution is -2.05. The van der Waals surface area contributed by atoms with Gasteiger partial charge in [0.15, 0.2) is 11.4 Å². The van der Waals surface area contributed by atoms with Crippen LogP contribution in [0.4, 0.5) is 0 Å². The number of para-hydroxylation sites is 1. The van der Waals surface area contributed by atoms with Crippen LogP contribution < -0.4 is 4.74 Å². The molecule has 0 aliphatic rings. The third-order valence-electron chi connectivity index (χ3n) is 3.27. The van der Waals surface area contributed by atoms with Crippen molar-refractivity contribution >= 4 is 32.7 Å². The summed E-state index contributed by atoms with van der Waals surface area (Å²) in [7, 11) is 1.23. The van der Waals surface area contributed by atoms with Crippen LogP contribution in [0.5, 0.6) is 17.2 Å². The number of nitrogens with zero attached hydrogens (tertiary/aromatic N) is 1. The number of carbonyl (C=O) groups is 1.